The number of hydrogen-bond acceptors (Lipinski definition) is 1. The molecule has 1 aromatic rings. The van der Waals surface area contributed by atoms with Gasteiger partial charge in [-0.15, -0.1) is 0 Å². The number of aryl methyl sites for hydroxylation is 1. The van der Waals surface area contributed by atoms with Crippen molar-refractivity contribution in [2.45, 2.75) is 52.6 Å². The number of benzene rings is 1. The summed E-state index contributed by atoms with van der Waals surface area (Å²) in [6, 6.07) is 7.70. The molecule has 0 heterocycles. The first kappa shape index (κ1) is 11.7. The Morgan fingerprint density at radius 2 is 2.06 bits per heavy atom. The minimum Gasteiger partial charge on any atom is -0.310 e. The molecule has 1 nitrogen and oxygen atoms in total. The summed E-state index contributed by atoms with van der Waals surface area (Å²) < 4.78 is 0. The van der Waals surface area contributed by atoms with Gasteiger partial charge in [0.1, 0.15) is 0 Å². The first-order valence-electron chi connectivity index (χ1n) is 6.47. The molecule has 1 fully saturated rings. The molecule has 1 saturated carbocycles. The summed E-state index contributed by atoms with van der Waals surface area (Å²) in [6.07, 6.45) is 3.93. The van der Waals surface area contributed by atoms with E-state index in [1.807, 2.05) is 0 Å². The molecule has 1 aliphatic rings. The van der Waals surface area contributed by atoms with Gasteiger partial charge < -0.3 is 5.32 Å². The van der Waals surface area contributed by atoms with Crippen molar-refractivity contribution in [3.05, 3.63) is 34.9 Å². The van der Waals surface area contributed by atoms with Crippen LogP contribution in [0.2, 0.25) is 0 Å². The third-order valence-corrected chi connectivity index (χ3v) is 3.21. The van der Waals surface area contributed by atoms with Gasteiger partial charge in [0.2, 0.25) is 0 Å². The Morgan fingerprint density at radius 1 is 1.31 bits per heavy atom. The third kappa shape index (κ3) is 3.34. The number of nitrogens with one attached hydrogen (secondary N) is 1. The standard InChI is InChI=1S/C15H23N/c1-11(2)8-14-9-13(5-4-12(14)3)10-16-15-6-7-15/h4-5,9,11,15-16H,6-8,10H2,1-3H3. The lowest BCUT2D eigenvalue weighted by Gasteiger charge is -2.11. The van der Waals surface area contributed by atoms with Crippen LogP contribution in [-0.4, -0.2) is 6.04 Å². The first-order valence-corrected chi connectivity index (χ1v) is 6.47. The molecule has 1 N–H and O–H groups in total. The predicted octanol–water partition coefficient (Wildman–Crippen LogP) is 3.45. The van der Waals surface area contributed by atoms with Gasteiger partial charge >= 0.3 is 0 Å². The average Bonchev–Trinajstić information content (AvgIpc) is 3.02. The van der Waals surface area contributed by atoms with Crippen LogP contribution in [0.25, 0.3) is 0 Å². The Balaban J connectivity index is 2.01. The van der Waals surface area contributed by atoms with Crippen molar-refractivity contribution < 1.29 is 0 Å². The lowest BCUT2D eigenvalue weighted by Crippen LogP contribution is -2.15. The van der Waals surface area contributed by atoms with E-state index in [4.69, 9.17) is 0 Å². The van der Waals surface area contributed by atoms with Crippen molar-refractivity contribution >= 4 is 0 Å². The summed E-state index contributed by atoms with van der Waals surface area (Å²) in [4.78, 5) is 0. The van der Waals surface area contributed by atoms with E-state index in [1.54, 1.807) is 0 Å². The van der Waals surface area contributed by atoms with Crippen molar-refractivity contribution in [2.75, 3.05) is 0 Å². The maximum absolute atomic E-state index is 3.57. The molecule has 0 aliphatic heterocycles. The van der Waals surface area contributed by atoms with Crippen LogP contribution in [-0.2, 0) is 13.0 Å². The van der Waals surface area contributed by atoms with Crippen LogP contribution in [0.1, 0.15) is 43.4 Å². The highest BCUT2D eigenvalue weighted by Crippen LogP contribution is 2.20. The van der Waals surface area contributed by atoms with E-state index in [2.05, 4.69) is 44.3 Å². The summed E-state index contributed by atoms with van der Waals surface area (Å²) in [6.45, 7) is 7.83. The Hall–Kier alpha value is -0.820. The van der Waals surface area contributed by atoms with Crippen LogP contribution in [0, 0.1) is 12.8 Å². The van der Waals surface area contributed by atoms with Gasteiger partial charge in [-0.3, -0.25) is 0 Å². The molecule has 2 rings (SSSR count). The normalized spacial score (nSPS) is 15.8. The second-order valence-corrected chi connectivity index (χ2v) is 5.51. The Labute approximate surface area is 99.3 Å². The Kier molecular flexibility index (Phi) is 3.65. The van der Waals surface area contributed by atoms with E-state index in [-0.39, 0.29) is 0 Å². The van der Waals surface area contributed by atoms with Gasteiger partial charge in [-0.2, -0.15) is 0 Å². The van der Waals surface area contributed by atoms with Gasteiger partial charge in [0, 0.05) is 12.6 Å². The molecule has 0 saturated heterocycles. The SMILES string of the molecule is Cc1ccc(CNC2CC2)cc1CC(C)C. The monoisotopic (exact) mass is 217 g/mol. The van der Waals surface area contributed by atoms with Gasteiger partial charge in [0.05, 0.1) is 0 Å². The molecule has 0 aromatic heterocycles. The topological polar surface area (TPSA) is 12.0 Å². The fraction of sp³-hybridized carbons (Fsp3) is 0.600. The van der Waals surface area contributed by atoms with E-state index in [0.717, 1.165) is 18.5 Å². The molecule has 0 spiro atoms. The van der Waals surface area contributed by atoms with Crippen molar-refractivity contribution in [1.82, 2.24) is 5.32 Å². The van der Waals surface area contributed by atoms with Crippen LogP contribution >= 0.6 is 0 Å². The van der Waals surface area contributed by atoms with E-state index in [0.29, 0.717) is 0 Å². The highest BCUT2D eigenvalue weighted by molar-refractivity contribution is 5.31. The lowest BCUT2D eigenvalue weighted by atomic mass is 9.97. The fourth-order valence-electron chi connectivity index (χ4n) is 2.04. The summed E-state index contributed by atoms with van der Waals surface area (Å²) in [5.74, 6) is 0.741. The maximum atomic E-state index is 3.57. The van der Waals surface area contributed by atoms with Gasteiger partial charge in [-0.05, 0) is 48.8 Å². The zero-order valence-electron chi connectivity index (χ0n) is 10.7. The Bertz CT molecular complexity index is 350. The minimum atomic E-state index is 0.741. The molecule has 88 valence electrons. The highest BCUT2D eigenvalue weighted by atomic mass is 14.9. The molecule has 16 heavy (non-hydrogen) atoms. The second kappa shape index (κ2) is 5.01. The van der Waals surface area contributed by atoms with Crippen LogP contribution in [0.4, 0.5) is 0 Å². The molecule has 0 unspecified atom stereocenters. The van der Waals surface area contributed by atoms with Crippen molar-refractivity contribution in [2.24, 2.45) is 5.92 Å². The van der Waals surface area contributed by atoms with Gasteiger partial charge in [0.25, 0.3) is 0 Å². The quantitative estimate of drug-likeness (QED) is 0.796. The molecule has 1 aromatic carbocycles. The fourth-order valence-corrected chi connectivity index (χ4v) is 2.04. The predicted molar refractivity (Wildman–Crippen MR) is 69.6 cm³/mol. The lowest BCUT2D eigenvalue weighted by molar-refractivity contribution is 0.641. The molecular formula is C15H23N. The number of hydrogen-bond donors (Lipinski definition) is 1. The van der Waals surface area contributed by atoms with Gasteiger partial charge in [-0.1, -0.05) is 32.0 Å². The molecule has 0 amide bonds. The van der Waals surface area contributed by atoms with E-state index < -0.39 is 0 Å². The summed E-state index contributed by atoms with van der Waals surface area (Å²) in [7, 11) is 0. The van der Waals surface area contributed by atoms with Crippen LogP contribution in [0.3, 0.4) is 0 Å². The summed E-state index contributed by atoms with van der Waals surface area (Å²) in [5, 5.41) is 3.57. The van der Waals surface area contributed by atoms with E-state index in [1.165, 1.54) is 36.0 Å². The van der Waals surface area contributed by atoms with Crippen molar-refractivity contribution in [1.29, 1.82) is 0 Å². The van der Waals surface area contributed by atoms with Crippen molar-refractivity contribution in [3.63, 3.8) is 0 Å². The molecular weight excluding hydrogens is 194 g/mol. The maximum Gasteiger partial charge on any atom is 0.0208 e. The second-order valence-electron chi connectivity index (χ2n) is 5.51. The molecule has 1 aliphatic carbocycles. The summed E-state index contributed by atoms with van der Waals surface area (Å²) >= 11 is 0. The highest BCUT2D eigenvalue weighted by Gasteiger charge is 2.19. The zero-order chi connectivity index (χ0) is 11.5. The molecule has 0 atom stereocenters. The average molecular weight is 217 g/mol. The smallest absolute Gasteiger partial charge is 0.0208 e. The first-order chi connectivity index (χ1) is 7.65. The molecule has 0 radical (unpaired) electrons. The molecule has 0 bridgehead atoms. The van der Waals surface area contributed by atoms with Crippen molar-refractivity contribution in [3.8, 4) is 0 Å². The minimum absolute atomic E-state index is 0.741. The largest absolute Gasteiger partial charge is 0.310 e. The van der Waals surface area contributed by atoms with Crippen LogP contribution < -0.4 is 5.32 Å². The van der Waals surface area contributed by atoms with Gasteiger partial charge in [0.15, 0.2) is 0 Å². The van der Waals surface area contributed by atoms with Crippen LogP contribution in [0.5, 0.6) is 0 Å². The third-order valence-electron chi connectivity index (χ3n) is 3.21. The zero-order valence-corrected chi connectivity index (χ0v) is 10.7. The molecule has 1 heteroatoms. The number of rotatable bonds is 5. The Morgan fingerprint density at radius 3 is 2.69 bits per heavy atom. The van der Waals surface area contributed by atoms with E-state index >= 15 is 0 Å². The summed E-state index contributed by atoms with van der Waals surface area (Å²) in [5.41, 5.74) is 4.39. The van der Waals surface area contributed by atoms with E-state index in [9.17, 15) is 0 Å². The van der Waals surface area contributed by atoms with Gasteiger partial charge in [-0.25, -0.2) is 0 Å². The van der Waals surface area contributed by atoms with Crippen LogP contribution in [0.15, 0.2) is 18.2 Å².